The van der Waals surface area contributed by atoms with E-state index in [4.69, 9.17) is 4.74 Å². The molecule has 1 N–H and O–H groups in total. The summed E-state index contributed by atoms with van der Waals surface area (Å²) in [6.45, 7) is 1.79. The topological polar surface area (TPSA) is 92.8 Å². The number of benzene rings is 1. The molecule has 1 aromatic carbocycles. The van der Waals surface area contributed by atoms with Crippen molar-refractivity contribution in [1.29, 1.82) is 0 Å². The molecule has 0 aromatic heterocycles. The highest BCUT2D eigenvalue weighted by Gasteiger charge is 2.39. The van der Waals surface area contributed by atoms with Crippen LogP contribution in [0.3, 0.4) is 0 Å². The number of rotatable bonds is 7. The molecular formula is C21H26N2O5. The van der Waals surface area contributed by atoms with Gasteiger partial charge in [-0.25, -0.2) is 0 Å². The molecule has 0 radical (unpaired) electrons. The molecule has 1 saturated heterocycles. The average molecular weight is 386 g/mol. The summed E-state index contributed by atoms with van der Waals surface area (Å²) in [5, 5.41) is 2.70. The van der Waals surface area contributed by atoms with Crippen LogP contribution in [0.1, 0.15) is 55.8 Å². The first-order valence-corrected chi connectivity index (χ1v) is 9.87. The van der Waals surface area contributed by atoms with Crippen LogP contribution in [0, 0.1) is 5.92 Å². The number of carbonyl (C=O) groups excluding carboxylic acids is 4. The van der Waals surface area contributed by atoms with Crippen molar-refractivity contribution in [2.24, 2.45) is 5.92 Å². The second kappa shape index (κ2) is 8.99. The van der Waals surface area contributed by atoms with E-state index < -0.39 is 11.9 Å². The van der Waals surface area contributed by atoms with Gasteiger partial charge in [0.05, 0.1) is 5.92 Å². The Kier molecular flexibility index (Phi) is 6.44. The number of nitrogens with one attached hydrogen (secondary N) is 1. The van der Waals surface area contributed by atoms with Crippen molar-refractivity contribution < 1.29 is 23.9 Å². The summed E-state index contributed by atoms with van der Waals surface area (Å²) in [5.41, 5.74) is 1.01. The zero-order valence-electron chi connectivity index (χ0n) is 16.1. The number of Topliss-reactive ketones (excluding diaryl/α,β-unsaturated/α-hetero) is 1. The molecule has 1 heterocycles. The Morgan fingerprint density at radius 3 is 2.46 bits per heavy atom. The molecule has 2 aliphatic rings. The summed E-state index contributed by atoms with van der Waals surface area (Å²) in [4.78, 5) is 49.9. The number of hydrogen-bond donors (Lipinski definition) is 1. The highest BCUT2D eigenvalue weighted by molar-refractivity contribution is 5.99. The highest BCUT2D eigenvalue weighted by Crippen LogP contribution is 2.29. The van der Waals surface area contributed by atoms with E-state index in [0.717, 1.165) is 25.7 Å². The van der Waals surface area contributed by atoms with Crippen LogP contribution >= 0.6 is 0 Å². The molecule has 28 heavy (non-hydrogen) atoms. The fourth-order valence-corrected chi connectivity index (χ4v) is 3.79. The fourth-order valence-electron chi connectivity index (χ4n) is 3.79. The third kappa shape index (κ3) is 4.77. The van der Waals surface area contributed by atoms with Gasteiger partial charge in [-0.3, -0.25) is 19.2 Å². The van der Waals surface area contributed by atoms with E-state index in [0.29, 0.717) is 24.2 Å². The van der Waals surface area contributed by atoms with Crippen LogP contribution < -0.4 is 5.32 Å². The Labute approximate surface area is 164 Å². The molecular weight excluding hydrogens is 360 g/mol. The van der Waals surface area contributed by atoms with Crippen molar-refractivity contribution in [3.8, 4) is 0 Å². The van der Waals surface area contributed by atoms with Gasteiger partial charge in [0, 0.05) is 36.7 Å². The Balaban J connectivity index is 1.48. The summed E-state index contributed by atoms with van der Waals surface area (Å²) < 4.78 is 5.18. The molecule has 1 saturated carbocycles. The molecule has 1 aliphatic carbocycles. The second-order valence-corrected chi connectivity index (χ2v) is 7.40. The van der Waals surface area contributed by atoms with Crippen LogP contribution in [0.15, 0.2) is 24.3 Å². The lowest BCUT2D eigenvalue weighted by Gasteiger charge is -2.23. The number of ketones is 1. The number of likely N-dealkylation sites (tertiary alicyclic amines) is 1. The zero-order valence-corrected chi connectivity index (χ0v) is 16.1. The quantitative estimate of drug-likeness (QED) is 0.574. The van der Waals surface area contributed by atoms with Gasteiger partial charge in [-0.15, -0.1) is 0 Å². The lowest BCUT2D eigenvalue weighted by molar-refractivity contribution is -0.147. The minimum absolute atomic E-state index is 0.00453. The number of nitrogens with zero attached hydrogens (tertiary/aromatic N) is 1. The van der Waals surface area contributed by atoms with E-state index in [-0.39, 0.29) is 36.7 Å². The average Bonchev–Trinajstić information content (AvgIpc) is 3.35. The first kappa shape index (κ1) is 20.0. The molecule has 0 bridgehead atoms. The van der Waals surface area contributed by atoms with Gasteiger partial charge >= 0.3 is 5.97 Å². The standard InChI is InChI=1S/C21H26N2O5/c1-2-19(25)22-16-9-7-14(8-10-16)18(24)13-28-21(27)15-11-20(26)23(12-15)17-5-3-4-6-17/h7-10,15,17H,2-6,11-13H2,1H3,(H,22,25)/t15-/m1/s1. The minimum atomic E-state index is -0.493. The lowest BCUT2D eigenvalue weighted by Crippen LogP contribution is -2.35. The van der Waals surface area contributed by atoms with Crippen molar-refractivity contribution in [2.75, 3.05) is 18.5 Å². The Morgan fingerprint density at radius 1 is 1.14 bits per heavy atom. The molecule has 1 aliphatic heterocycles. The van der Waals surface area contributed by atoms with Crippen LogP contribution in [0.2, 0.25) is 0 Å². The summed E-state index contributed by atoms with van der Waals surface area (Å²) in [7, 11) is 0. The third-order valence-electron chi connectivity index (χ3n) is 5.41. The van der Waals surface area contributed by atoms with Gasteiger partial charge in [0.25, 0.3) is 0 Å². The molecule has 1 atom stereocenters. The Bertz CT molecular complexity index is 753. The summed E-state index contributed by atoms with van der Waals surface area (Å²) in [5.74, 6) is -1.41. The van der Waals surface area contributed by atoms with Gasteiger partial charge < -0.3 is 15.0 Å². The lowest BCUT2D eigenvalue weighted by atomic mass is 10.1. The van der Waals surface area contributed by atoms with Crippen LogP contribution in [-0.4, -0.2) is 47.7 Å². The van der Waals surface area contributed by atoms with Crippen molar-refractivity contribution >= 4 is 29.3 Å². The second-order valence-electron chi connectivity index (χ2n) is 7.40. The maximum atomic E-state index is 12.3. The molecule has 7 nitrogen and oxygen atoms in total. The molecule has 7 heteroatoms. The monoisotopic (exact) mass is 386 g/mol. The van der Waals surface area contributed by atoms with Crippen molar-refractivity contribution in [1.82, 2.24) is 4.90 Å². The van der Waals surface area contributed by atoms with Gasteiger partial charge in [-0.05, 0) is 37.1 Å². The Morgan fingerprint density at radius 2 is 1.82 bits per heavy atom. The van der Waals surface area contributed by atoms with Crippen LogP contribution in [0.4, 0.5) is 5.69 Å². The van der Waals surface area contributed by atoms with E-state index in [1.54, 1.807) is 31.2 Å². The fraction of sp³-hybridized carbons (Fsp3) is 0.524. The van der Waals surface area contributed by atoms with Crippen LogP contribution in [-0.2, 0) is 19.1 Å². The largest absolute Gasteiger partial charge is 0.457 e. The highest BCUT2D eigenvalue weighted by atomic mass is 16.5. The van der Waals surface area contributed by atoms with E-state index in [1.807, 2.05) is 4.90 Å². The zero-order chi connectivity index (χ0) is 20.1. The van der Waals surface area contributed by atoms with E-state index >= 15 is 0 Å². The molecule has 2 amide bonds. The van der Waals surface area contributed by atoms with Gasteiger partial charge in [0.2, 0.25) is 11.8 Å². The first-order chi connectivity index (χ1) is 13.5. The molecule has 3 rings (SSSR count). The smallest absolute Gasteiger partial charge is 0.311 e. The van der Waals surface area contributed by atoms with E-state index in [1.165, 1.54) is 0 Å². The number of hydrogen-bond acceptors (Lipinski definition) is 5. The number of amides is 2. The predicted molar refractivity (Wildman–Crippen MR) is 103 cm³/mol. The van der Waals surface area contributed by atoms with E-state index in [2.05, 4.69) is 5.32 Å². The maximum absolute atomic E-state index is 12.3. The Hall–Kier alpha value is -2.70. The number of esters is 1. The molecule has 1 aromatic rings. The van der Waals surface area contributed by atoms with Gasteiger partial charge in [0.15, 0.2) is 12.4 Å². The summed E-state index contributed by atoms with van der Waals surface area (Å²) in [6.07, 6.45) is 4.78. The van der Waals surface area contributed by atoms with Gasteiger partial charge in [0.1, 0.15) is 0 Å². The van der Waals surface area contributed by atoms with Crippen molar-refractivity contribution in [3.05, 3.63) is 29.8 Å². The van der Waals surface area contributed by atoms with Gasteiger partial charge in [-0.1, -0.05) is 19.8 Å². The SMILES string of the molecule is CCC(=O)Nc1ccc(C(=O)COC(=O)[C@@H]2CC(=O)N(C3CCCC3)C2)cc1. The summed E-state index contributed by atoms with van der Waals surface area (Å²) >= 11 is 0. The molecule has 150 valence electrons. The number of ether oxygens (including phenoxy) is 1. The molecule has 2 fully saturated rings. The normalized spacial score (nSPS) is 19.7. The van der Waals surface area contributed by atoms with Crippen molar-refractivity contribution in [2.45, 2.75) is 51.5 Å². The maximum Gasteiger partial charge on any atom is 0.311 e. The van der Waals surface area contributed by atoms with Gasteiger partial charge in [-0.2, -0.15) is 0 Å². The summed E-state index contributed by atoms with van der Waals surface area (Å²) in [6, 6.07) is 6.69. The third-order valence-corrected chi connectivity index (χ3v) is 5.41. The van der Waals surface area contributed by atoms with Crippen molar-refractivity contribution in [3.63, 3.8) is 0 Å². The molecule has 0 unspecified atom stereocenters. The minimum Gasteiger partial charge on any atom is -0.457 e. The number of carbonyl (C=O) groups is 4. The predicted octanol–water partition coefficient (Wildman–Crippen LogP) is 2.55. The van der Waals surface area contributed by atoms with Crippen LogP contribution in [0.25, 0.3) is 0 Å². The van der Waals surface area contributed by atoms with Crippen LogP contribution in [0.5, 0.6) is 0 Å². The molecule has 0 spiro atoms. The number of anilines is 1. The van der Waals surface area contributed by atoms with E-state index in [9.17, 15) is 19.2 Å². The first-order valence-electron chi connectivity index (χ1n) is 9.87.